The smallest absolute Gasteiger partial charge is 0.269 e. The summed E-state index contributed by atoms with van der Waals surface area (Å²) in [6.45, 7) is 9.95. The maximum absolute atomic E-state index is 12.8. The van der Waals surface area contributed by atoms with Crippen LogP contribution in [0.3, 0.4) is 0 Å². The monoisotopic (exact) mass is 354 g/mol. The molecule has 5 nitrogen and oxygen atoms in total. The Morgan fingerprint density at radius 1 is 1.31 bits per heavy atom. The molecule has 1 aliphatic rings. The van der Waals surface area contributed by atoms with E-state index >= 15 is 0 Å². The van der Waals surface area contributed by atoms with Crippen LogP contribution in [0.4, 0.5) is 0 Å². The number of aromatic nitrogens is 2. The zero-order valence-corrected chi connectivity index (χ0v) is 16.1. The first-order chi connectivity index (χ1) is 12.5. The number of carbonyl (C=O) groups is 1. The van der Waals surface area contributed by atoms with Crippen molar-refractivity contribution in [2.75, 3.05) is 13.1 Å². The van der Waals surface area contributed by atoms with E-state index in [1.165, 1.54) is 5.56 Å². The van der Waals surface area contributed by atoms with Gasteiger partial charge in [0, 0.05) is 32.2 Å². The van der Waals surface area contributed by atoms with Gasteiger partial charge in [0.15, 0.2) is 0 Å². The van der Waals surface area contributed by atoms with Crippen molar-refractivity contribution in [2.24, 2.45) is 5.92 Å². The molecule has 1 saturated heterocycles. The fourth-order valence-corrected chi connectivity index (χ4v) is 3.61. The molecule has 0 bridgehead atoms. The maximum Gasteiger partial charge on any atom is 0.269 e. The van der Waals surface area contributed by atoms with Crippen LogP contribution in [0.25, 0.3) is 0 Å². The van der Waals surface area contributed by atoms with Gasteiger partial charge in [0.1, 0.15) is 5.69 Å². The molecule has 1 N–H and O–H groups in total. The number of benzene rings is 1. The molecule has 2 heterocycles. The topological polar surface area (TPSA) is 50.2 Å². The lowest BCUT2D eigenvalue weighted by atomic mass is 10.1. The average molecular weight is 354 g/mol. The summed E-state index contributed by atoms with van der Waals surface area (Å²) in [6.07, 6.45) is 1.90. The van der Waals surface area contributed by atoms with Crippen LogP contribution in [0.1, 0.15) is 48.9 Å². The molecule has 5 heteroatoms. The molecular formula is C21H30N4O. The summed E-state index contributed by atoms with van der Waals surface area (Å²) >= 11 is 0. The van der Waals surface area contributed by atoms with E-state index in [-0.39, 0.29) is 11.9 Å². The van der Waals surface area contributed by atoms with Gasteiger partial charge in [-0.15, -0.1) is 0 Å². The molecule has 1 atom stereocenters. The highest BCUT2D eigenvalue weighted by Gasteiger charge is 2.25. The predicted molar refractivity (Wildman–Crippen MR) is 104 cm³/mol. The van der Waals surface area contributed by atoms with Crippen LogP contribution in [-0.2, 0) is 19.5 Å². The highest BCUT2D eigenvalue weighted by Crippen LogP contribution is 2.15. The molecule has 3 rings (SSSR count). The van der Waals surface area contributed by atoms with Crippen LogP contribution >= 0.6 is 0 Å². The van der Waals surface area contributed by atoms with E-state index in [4.69, 9.17) is 0 Å². The summed E-state index contributed by atoms with van der Waals surface area (Å²) in [4.78, 5) is 15.2. The van der Waals surface area contributed by atoms with Gasteiger partial charge in [0.25, 0.3) is 5.91 Å². The quantitative estimate of drug-likeness (QED) is 0.831. The molecular weight excluding hydrogens is 324 g/mol. The highest BCUT2D eigenvalue weighted by atomic mass is 16.2. The van der Waals surface area contributed by atoms with Crippen molar-refractivity contribution in [1.82, 2.24) is 20.0 Å². The highest BCUT2D eigenvalue weighted by molar-refractivity contribution is 5.92. The molecule has 2 aromatic rings. The summed E-state index contributed by atoms with van der Waals surface area (Å²) in [5, 5.41) is 7.79. The summed E-state index contributed by atoms with van der Waals surface area (Å²) in [5.74, 6) is 0.536. The molecule has 0 spiro atoms. The molecule has 1 fully saturated rings. The number of hydrogen-bond donors (Lipinski definition) is 1. The van der Waals surface area contributed by atoms with E-state index in [1.54, 1.807) is 0 Å². The largest absolute Gasteiger partial charge is 0.347 e. The number of rotatable bonds is 7. The van der Waals surface area contributed by atoms with Gasteiger partial charge in [0.2, 0.25) is 0 Å². The number of likely N-dealkylation sites (tertiary alicyclic amines) is 1. The van der Waals surface area contributed by atoms with Gasteiger partial charge in [-0.25, -0.2) is 0 Å². The van der Waals surface area contributed by atoms with Gasteiger partial charge in [-0.05, 0) is 37.3 Å². The fraction of sp³-hybridized carbons (Fsp3) is 0.524. The lowest BCUT2D eigenvalue weighted by molar-refractivity contribution is 0.0927. The van der Waals surface area contributed by atoms with Gasteiger partial charge in [-0.2, -0.15) is 5.10 Å². The number of amides is 1. The van der Waals surface area contributed by atoms with Crippen LogP contribution in [0.5, 0.6) is 0 Å². The summed E-state index contributed by atoms with van der Waals surface area (Å²) in [7, 11) is 0. The van der Waals surface area contributed by atoms with Crippen molar-refractivity contribution in [1.29, 1.82) is 0 Å². The maximum atomic E-state index is 12.8. The Labute approximate surface area is 156 Å². The predicted octanol–water partition coefficient (Wildman–Crippen LogP) is 3.11. The number of aryl methyl sites for hydroxylation is 1. The Hall–Kier alpha value is -2.14. The van der Waals surface area contributed by atoms with Gasteiger partial charge in [0.05, 0.1) is 5.69 Å². The molecule has 1 aromatic carbocycles. The molecule has 1 amide bonds. The van der Waals surface area contributed by atoms with Crippen LogP contribution in [-0.4, -0.2) is 39.7 Å². The second kappa shape index (κ2) is 8.49. The molecule has 0 saturated carbocycles. The Morgan fingerprint density at radius 3 is 2.77 bits per heavy atom. The van der Waals surface area contributed by atoms with Crippen LogP contribution in [0.2, 0.25) is 0 Å². The van der Waals surface area contributed by atoms with Crippen molar-refractivity contribution < 1.29 is 4.79 Å². The van der Waals surface area contributed by atoms with E-state index in [0.717, 1.165) is 38.2 Å². The average Bonchev–Trinajstić information content (AvgIpc) is 3.22. The van der Waals surface area contributed by atoms with Crippen molar-refractivity contribution in [3.8, 4) is 0 Å². The minimum absolute atomic E-state index is 0.000849. The van der Waals surface area contributed by atoms with Crippen LogP contribution < -0.4 is 5.32 Å². The Bertz CT molecular complexity index is 723. The minimum atomic E-state index is 0.000849. The zero-order valence-electron chi connectivity index (χ0n) is 16.1. The summed E-state index contributed by atoms with van der Waals surface area (Å²) in [5.41, 5.74) is 3.01. The minimum Gasteiger partial charge on any atom is -0.347 e. The SMILES string of the molecule is CCn1nc(CC(C)C)cc1C(=O)N[C@H]1CCN(Cc2ccccc2)C1. The number of carbonyl (C=O) groups excluding carboxylic acids is 1. The molecule has 0 unspecified atom stereocenters. The van der Waals surface area contributed by atoms with Crippen molar-refractivity contribution in [3.63, 3.8) is 0 Å². The van der Waals surface area contributed by atoms with E-state index in [0.29, 0.717) is 18.2 Å². The first kappa shape index (κ1) is 18.6. The Kier molecular flexibility index (Phi) is 6.09. The van der Waals surface area contributed by atoms with E-state index < -0.39 is 0 Å². The Balaban J connectivity index is 1.57. The van der Waals surface area contributed by atoms with E-state index in [9.17, 15) is 4.79 Å². The normalized spacial score (nSPS) is 17.8. The summed E-state index contributed by atoms with van der Waals surface area (Å²) < 4.78 is 1.82. The molecule has 26 heavy (non-hydrogen) atoms. The van der Waals surface area contributed by atoms with Crippen LogP contribution in [0.15, 0.2) is 36.4 Å². The van der Waals surface area contributed by atoms with Crippen molar-refractivity contribution in [2.45, 2.75) is 52.7 Å². The number of hydrogen-bond acceptors (Lipinski definition) is 3. The third-order valence-corrected chi connectivity index (χ3v) is 4.84. The standard InChI is InChI=1S/C21H30N4O/c1-4-25-20(13-19(23-25)12-16(2)3)21(26)22-18-10-11-24(15-18)14-17-8-6-5-7-9-17/h5-9,13,16,18H,4,10-12,14-15H2,1-3H3,(H,22,26)/t18-/m0/s1. The summed E-state index contributed by atoms with van der Waals surface area (Å²) in [6, 6.07) is 12.7. The molecule has 0 radical (unpaired) electrons. The van der Waals surface area contributed by atoms with Gasteiger partial charge in [-0.3, -0.25) is 14.4 Å². The second-order valence-corrected chi connectivity index (χ2v) is 7.61. The second-order valence-electron chi connectivity index (χ2n) is 7.61. The van der Waals surface area contributed by atoms with Crippen molar-refractivity contribution in [3.05, 3.63) is 53.3 Å². The Morgan fingerprint density at radius 2 is 2.08 bits per heavy atom. The van der Waals surface area contributed by atoms with E-state index in [1.807, 2.05) is 23.7 Å². The first-order valence-electron chi connectivity index (χ1n) is 9.69. The lowest BCUT2D eigenvalue weighted by Gasteiger charge is -2.17. The molecule has 1 aromatic heterocycles. The van der Waals surface area contributed by atoms with Crippen molar-refractivity contribution >= 4 is 5.91 Å². The first-order valence-corrected chi connectivity index (χ1v) is 9.69. The van der Waals surface area contributed by atoms with Gasteiger partial charge < -0.3 is 5.32 Å². The molecule has 140 valence electrons. The van der Waals surface area contributed by atoms with E-state index in [2.05, 4.69) is 53.4 Å². The van der Waals surface area contributed by atoms with Gasteiger partial charge >= 0.3 is 0 Å². The van der Waals surface area contributed by atoms with Crippen LogP contribution in [0, 0.1) is 5.92 Å². The number of nitrogens with one attached hydrogen (secondary N) is 1. The molecule has 0 aliphatic carbocycles. The van der Waals surface area contributed by atoms with Gasteiger partial charge in [-0.1, -0.05) is 44.2 Å². The third kappa shape index (κ3) is 4.73. The number of nitrogens with zero attached hydrogens (tertiary/aromatic N) is 3. The fourth-order valence-electron chi connectivity index (χ4n) is 3.61. The lowest BCUT2D eigenvalue weighted by Crippen LogP contribution is -2.38. The third-order valence-electron chi connectivity index (χ3n) is 4.84. The molecule has 1 aliphatic heterocycles. The zero-order chi connectivity index (χ0) is 18.5.